The lowest BCUT2D eigenvalue weighted by Crippen LogP contribution is -2.37. The van der Waals surface area contributed by atoms with Gasteiger partial charge in [-0.1, -0.05) is 43.3 Å². The van der Waals surface area contributed by atoms with Crippen LogP contribution in [0.3, 0.4) is 0 Å². The van der Waals surface area contributed by atoms with Crippen LogP contribution in [0, 0.1) is 5.92 Å². The predicted molar refractivity (Wildman–Crippen MR) is 95.0 cm³/mol. The molecule has 0 aromatic heterocycles. The molecule has 2 fully saturated rings. The van der Waals surface area contributed by atoms with Gasteiger partial charge in [0.15, 0.2) is 15.0 Å². The molecule has 3 rings (SSSR count). The van der Waals surface area contributed by atoms with E-state index in [4.69, 9.17) is 11.6 Å². The highest BCUT2D eigenvalue weighted by molar-refractivity contribution is 8.16. The fraction of sp³-hybridized carbons (Fsp3) is 0.467. The van der Waals surface area contributed by atoms with Crippen LogP contribution < -0.4 is 4.90 Å². The number of sulfone groups is 1. The third kappa shape index (κ3) is 3.41. The van der Waals surface area contributed by atoms with Crippen LogP contribution in [0.4, 0.5) is 5.69 Å². The summed E-state index contributed by atoms with van der Waals surface area (Å²) in [6.07, 6.45) is 0. The van der Waals surface area contributed by atoms with Crippen LogP contribution in [0.1, 0.15) is 13.8 Å². The number of amides is 1. The van der Waals surface area contributed by atoms with Crippen molar-refractivity contribution in [1.82, 2.24) is 0 Å². The molecule has 1 aromatic rings. The Morgan fingerprint density at radius 1 is 1.39 bits per heavy atom. The minimum atomic E-state index is -3.06. The summed E-state index contributed by atoms with van der Waals surface area (Å²) >= 11 is 7.44. The molecule has 23 heavy (non-hydrogen) atoms. The molecule has 0 spiro atoms. The number of amidine groups is 1. The van der Waals surface area contributed by atoms with Crippen LogP contribution in [-0.2, 0) is 14.6 Å². The molecule has 0 aliphatic carbocycles. The molecule has 0 radical (unpaired) electrons. The third-order valence-electron chi connectivity index (χ3n) is 3.85. The number of fused-ring (bicyclic) bond motifs is 1. The van der Waals surface area contributed by atoms with E-state index in [0.717, 1.165) is 5.69 Å². The molecule has 5 nitrogen and oxygen atoms in total. The largest absolute Gasteiger partial charge is 0.316 e. The number of thioether (sulfide) groups is 1. The first-order valence-electron chi connectivity index (χ1n) is 7.31. The van der Waals surface area contributed by atoms with Gasteiger partial charge in [0.1, 0.15) is 0 Å². The van der Waals surface area contributed by atoms with Gasteiger partial charge in [-0.2, -0.15) is 4.99 Å². The highest BCUT2D eigenvalue weighted by Crippen LogP contribution is 2.41. The highest BCUT2D eigenvalue weighted by Gasteiger charge is 2.49. The second-order valence-corrected chi connectivity index (χ2v) is 9.83. The average molecular weight is 373 g/mol. The van der Waals surface area contributed by atoms with Crippen molar-refractivity contribution in [3.8, 4) is 0 Å². The normalized spacial score (nSPS) is 27.7. The van der Waals surface area contributed by atoms with Crippen LogP contribution in [0.2, 0.25) is 5.02 Å². The minimum Gasteiger partial charge on any atom is -0.316 e. The lowest BCUT2D eigenvalue weighted by Gasteiger charge is -2.24. The Kier molecular flexibility index (Phi) is 4.46. The summed E-state index contributed by atoms with van der Waals surface area (Å²) in [5.41, 5.74) is 0.768. The second-order valence-electron chi connectivity index (χ2n) is 6.04. The third-order valence-corrected chi connectivity index (χ3v) is 7.30. The van der Waals surface area contributed by atoms with E-state index in [1.807, 2.05) is 11.0 Å². The lowest BCUT2D eigenvalue weighted by molar-refractivity contribution is -0.120. The van der Waals surface area contributed by atoms with Gasteiger partial charge in [0, 0.05) is 21.9 Å². The van der Waals surface area contributed by atoms with Crippen LogP contribution in [0.25, 0.3) is 0 Å². The van der Waals surface area contributed by atoms with Crippen molar-refractivity contribution in [2.24, 2.45) is 10.9 Å². The number of hydrogen-bond acceptors (Lipinski definition) is 4. The molecule has 2 atom stereocenters. The van der Waals surface area contributed by atoms with Crippen molar-refractivity contribution in [3.05, 3.63) is 29.3 Å². The number of nitrogens with zero attached hydrogens (tertiary/aromatic N) is 2. The smallest absolute Gasteiger partial charge is 0.250 e. The van der Waals surface area contributed by atoms with E-state index in [1.165, 1.54) is 11.8 Å². The summed E-state index contributed by atoms with van der Waals surface area (Å²) in [5, 5.41) is 1.03. The molecular formula is C15H17ClN2O3S2. The zero-order chi connectivity index (χ0) is 16.8. The van der Waals surface area contributed by atoms with Gasteiger partial charge in [0.25, 0.3) is 5.91 Å². The Morgan fingerprint density at radius 3 is 2.78 bits per heavy atom. The zero-order valence-corrected chi connectivity index (χ0v) is 15.2. The van der Waals surface area contributed by atoms with Crippen LogP contribution in [0.15, 0.2) is 29.3 Å². The first kappa shape index (κ1) is 16.8. The first-order valence-corrected chi connectivity index (χ1v) is 10.4. The first-order chi connectivity index (χ1) is 10.8. The van der Waals surface area contributed by atoms with Gasteiger partial charge in [-0.25, -0.2) is 8.42 Å². The number of carbonyl (C=O) groups is 1. The number of benzene rings is 1. The van der Waals surface area contributed by atoms with Crippen LogP contribution in [0.5, 0.6) is 0 Å². The van der Waals surface area contributed by atoms with Crippen LogP contribution >= 0.6 is 23.4 Å². The number of carbonyl (C=O) groups excluding carboxylic acids is 1. The van der Waals surface area contributed by atoms with Crippen molar-refractivity contribution in [1.29, 1.82) is 0 Å². The van der Waals surface area contributed by atoms with E-state index < -0.39 is 9.84 Å². The Labute approximate surface area is 145 Å². The summed E-state index contributed by atoms with van der Waals surface area (Å²) < 4.78 is 23.9. The Balaban J connectivity index is 2.02. The molecule has 0 saturated carbocycles. The Hall–Kier alpha value is -1.05. The molecule has 2 heterocycles. The molecular weight excluding hydrogens is 356 g/mol. The SMILES string of the molecule is CC(C)C(=O)N=C1S[C@@H]2CS(=O)(=O)C[C@@H]2N1c1cccc(Cl)c1. The fourth-order valence-electron chi connectivity index (χ4n) is 2.72. The van der Waals surface area contributed by atoms with E-state index in [2.05, 4.69) is 4.99 Å². The van der Waals surface area contributed by atoms with Gasteiger partial charge in [0.2, 0.25) is 0 Å². The minimum absolute atomic E-state index is 0.0755. The quantitative estimate of drug-likeness (QED) is 0.798. The standard InChI is InChI=1S/C15H17ClN2O3S2/c1-9(2)14(19)17-15-18(11-5-3-4-10(16)6-11)12-7-23(20,21)8-13(12)22-15/h3-6,9,12-13H,7-8H2,1-2H3/t12-,13+/m0/s1. The molecule has 124 valence electrons. The molecule has 2 aliphatic heterocycles. The van der Waals surface area contributed by atoms with E-state index >= 15 is 0 Å². The van der Waals surface area contributed by atoms with E-state index in [9.17, 15) is 13.2 Å². The van der Waals surface area contributed by atoms with E-state index in [-0.39, 0.29) is 34.6 Å². The second kappa shape index (κ2) is 6.11. The average Bonchev–Trinajstić information content (AvgIpc) is 2.89. The zero-order valence-electron chi connectivity index (χ0n) is 12.8. The van der Waals surface area contributed by atoms with Crippen molar-refractivity contribution in [2.45, 2.75) is 25.1 Å². The maximum absolute atomic E-state index is 12.0. The highest BCUT2D eigenvalue weighted by atomic mass is 35.5. The van der Waals surface area contributed by atoms with Gasteiger partial charge in [-0.15, -0.1) is 0 Å². The number of rotatable bonds is 2. The number of halogens is 1. The number of hydrogen-bond donors (Lipinski definition) is 0. The van der Waals surface area contributed by atoms with Crippen molar-refractivity contribution in [2.75, 3.05) is 16.4 Å². The summed E-state index contributed by atoms with van der Waals surface area (Å²) in [4.78, 5) is 18.1. The van der Waals surface area contributed by atoms with Crippen molar-refractivity contribution in [3.63, 3.8) is 0 Å². The van der Waals surface area contributed by atoms with Crippen molar-refractivity contribution >= 4 is 50.0 Å². The van der Waals surface area contributed by atoms with Crippen LogP contribution in [-0.4, -0.2) is 42.3 Å². The summed E-state index contributed by atoms with van der Waals surface area (Å²) in [6, 6.07) is 6.98. The predicted octanol–water partition coefficient (Wildman–Crippen LogP) is 2.60. The maximum atomic E-state index is 12.0. The molecule has 1 amide bonds. The Morgan fingerprint density at radius 2 is 2.13 bits per heavy atom. The maximum Gasteiger partial charge on any atom is 0.250 e. The molecule has 2 saturated heterocycles. The summed E-state index contributed by atoms with van der Waals surface area (Å²) in [7, 11) is -3.06. The number of anilines is 1. The van der Waals surface area contributed by atoms with E-state index in [0.29, 0.717) is 10.2 Å². The van der Waals surface area contributed by atoms with Gasteiger partial charge in [0.05, 0.1) is 17.5 Å². The number of aliphatic imine (C=N–C) groups is 1. The fourth-order valence-corrected chi connectivity index (χ4v) is 6.82. The molecule has 8 heteroatoms. The molecule has 2 aliphatic rings. The monoisotopic (exact) mass is 372 g/mol. The van der Waals surface area contributed by atoms with E-state index in [1.54, 1.807) is 32.0 Å². The topological polar surface area (TPSA) is 66.8 Å². The summed E-state index contributed by atoms with van der Waals surface area (Å²) in [6.45, 7) is 3.59. The molecule has 0 N–H and O–H groups in total. The van der Waals surface area contributed by atoms with Gasteiger partial charge in [-0.05, 0) is 18.2 Å². The Bertz CT molecular complexity index is 777. The van der Waals surface area contributed by atoms with Gasteiger partial charge >= 0.3 is 0 Å². The van der Waals surface area contributed by atoms with Crippen molar-refractivity contribution < 1.29 is 13.2 Å². The molecule has 0 unspecified atom stereocenters. The molecule has 1 aromatic carbocycles. The lowest BCUT2D eigenvalue weighted by atomic mass is 10.2. The summed E-state index contributed by atoms with van der Waals surface area (Å²) in [5.74, 6) is -0.212. The van der Waals surface area contributed by atoms with Gasteiger partial charge in [-0.3, -0.25) is 4.79 Å². The molecule has 0 bridgehead atoms. The van der Waals surface area contributed by atoms with Gasteiger partial charge < -0.3 is 4.90 Å².